The zero-order chi connectivity index (χ0) is 30.6. The van der Waals surface area contributed by atoms with Crippen molar-refractivity contribution in [2.75, 3.05) is 55.1 Å². The summed E-state index contributed by atoms with van der Waals surface area (Å²) in [5.74, 6) is 0.180. The van der Waals surface area contributed by atoms with E-state index in [-0.39, 0.29) is 16.9 Å². The van der Waals surface area contributed by atoms with Gasteiger partial charge in [-0.05, 0) is 64.2 Å². The normalized spacial score (nSPS) is 16.2. The van der Waals surface area contributed by atoms with Gasteiger partial charge in [-0.25, -0.2) is 9.37 Å². The molecule has 0 spiro atoms. The zero-order valence-electron chi connectivity index (χ0n) is 24.5. The van der Waals surface area contributed by atoms with Gasteiger partial charge in [-0.1, -0.05) is 25.1 Å². The number of hydrogen-bond acceptors (Lipinski definition) is 9. The lowest BCUT2D eigenvalue weighted by Crippen LogP contribution is -2.31. The summed E-state index contributed by atoms with van der Waals surface area (Å²) >= 11 is 6.06. The number of ether oxygens (including phenoxy) is 1. The Balaban J connectivity index is 1.67. The molecule has 0 bridgehead atoms. The standard InChI is InChI=1S/C30H37ClFN7O3/c1-7-28(40)35-23-15-24(26(42-6)16-25(23)39-12-10-18(17-39)38(4)5)36-29-33-11-9-27(37-29)34-22-14-20(31)21(32)13-19(22)30(3,41)8-2/h7,9,11,13-16,18,41H,1,8,10,12,17H2,2-6H3,(H,35,40)(H2,33,34,36,37). The van der Waals surface area contributed by atoms with Crippen molar-refractivity contribution in [1.82, 2.24) is 14.9 Å². The maximum atomic E-state index is 14.3. The van der Waals surface area contributed by atoms with Gasteiger partial charge in [-0.15, -0.1) is 0 Å². The van der Waals surface area contributed by atoms with Crippen molar-refractivity contribution in [2.24, 2.45) is 0 Å². The van der Waals surface area contributed by atoms with Gasteiger partial charge in [0.1, 0.15) is 17.4 Å². The van der Waals surface area contributed by atoms with Crippen LogP contribution in [0.1, 0.15) is 32.3 Å². The van der Waals surface area contributed by atoms with Crippen molar-refractivity contribution >= 4 is 52.0 Å². The number of benzene rings is 2. The summed E-state index contributed by atoms with van der Waals surface area (Å²) in [5.41, 5.74) is 1.40. The summed E-state index contributed by atoms with van der Waals surface area (Å²) in [5, 5.41) is 20.0. The minimum atomic E-state index is -1.30. The minimum Gasteiger partial charge on any atom is -0.494 e. The van der Waals surface area contributed by atoms with E-state index in [2.05, 4.69) is 56.4 Å². The number of aliphatic hydroxyl groups is 1. The summed E-state index contributed by atoms with van der Waals surface area (Å²) in [6.45, 7) is 8.62. The molecule has 0 aliphatic carbocycles. The Labute approximate surface area is 250 Å². The van der Waals surface area contributed by atoms with E-state index in [1.54, 1.807) is 39.3 Å². The molecule has 4 rings (SSSR count). The molecule has 1 aliphatic rings. The second-order valence-corrected chi connectivity index (χ2v) is 11.0. The second kappa shape index (κ2) is 12.9. The fraction of sp³-hybridized carbons (Fsp3) is 0.367. The Morgan fingerprint density at radius 3 is 2.69 bits per heavy atom. The number of likely N-dealkylation sites (N-methyl/N-ethyl adjacent to an activating group) is 1. The highest BCUT2D eigenvalue weighted by Crippen LogP contribution is 2.40. The number of nitrogens with one attached hydrogen (secondary N) is 3. The number of rotatable bonds is 11. The number of carbonyl (C=O) groups is 1. The van der Waals surface area contributed by atoms with Crippen LogP contribution in [0.3, 0.4) is 0 Å². The van der Waals surface area contributed by atoms with Crippen molar-refractivity contribution in [3.8, 4) is 5.75 Å². The molecule has 1 fully saturated rings. The third-order valence-corrected chi connectivity index (χ3v) is 7.78. The molecule has 42 heavy (non-hydrogen) atoms. The van der Waals surface area contributed by atoms with E-state index in [0.29, 0.717) is 46.7 Å². The molecule has 1 aromatic heterocycles. The lowest BCUT2D eigenvalue weighted by Gasteiger charge is -2.26. The average Bonchev–Trinajstić information content (AvgIpc) is 3.46. The van der Waals surface area contributed by atoms with Crippen LogP contribution in [-0.4, -0.2) is 66.2 Å². The van der Waals surface area contributed by atoms with Gasteiger partial charge in [-0.3, -0.25) is 4.79 Å². The van der Waals surface area contributed by atoms with Gasteiger partial charge in [0, 0.05) is 42.6 Å². The molecule has 4 N–H and O–H groups in total. The second-order valence-electron chi connectivity index (χ2n) is 10.6. The first-order chi connectivity index (χ1) is 19.9. The summed E-state index contributed by atoms with van der Waals surface area (Å²) in [4.78, 5) is 25.6. The summed E-state index contributed by atoms with van der Waals surface area (Å²) < 4.78 is 20.0. The lowest BCUT2D eigenvalue weighted by molar-refractivity contribution is -0.111. The van der Waals surface area contributed by atoms with Crippen LogP contribution in [0.5, 0.6) is 5.75 Å². The van der Waals surface area contributed by atoms with Crippen LogP contribution in [0, 0.1) is 5.82 Å². The Kier molecular flexibility index (Phi) is 9.55. The number of halogens is 2. The van der Waals surface area contributed by atoms with Gasteiger partial charge < -0.3 is 35.6 Å². The van der Waals surface area contributed by atoms with Gasteiger partial charge in [0.05, 0.1) is 34.8 Å². The molecule has 2 heterocycles. The fourth-order valence-electron chi connectivity index (χ4n) is 4.80. The van der Waals surface area contributed by atoms with E-state index in [1.807, 2.05) is 6.07 Å². The van der Waals surface area contributed by atoms with E-state index in [4.69, 9.17) is 16.3 Å². The SMILES string of the molecule is C=CC(=O)Nc1cc(Nc2nccc(Nc3cc(Cl)c(F)cc3C(C)(O)CC)n2)c(OC)cc1N1CCC(N(C)C)C1. The topological polar surface area (TPSA) is 115 Å². The molecule has 224 valence electrons. The third kappa shape index (κ3) is 6.92. The largest absolute Gasteiger partial charge is 0.494 e. The van der Waals surface area contributed by atoms with Crippen LogP contribution in [0.25, 0.3) is 0 Å². The number of carbonyl (C=O) groups excluding carboxylic acids is 1. The smallest absolute Gasteiger partial charge is 0.247 e. The number of hydrogen-bond donors (Lipinski definition) is 4. The quantitative estimate of drug-likeness (QED) is 0.208. The molecule has 10 nitrogen and oxygen atoms in total. The van der Waals surface area contributed by atoms with Crippen LogP contribution >= 0.6 is 11.6 Å². The number of methoxy groups -OCH3 is 1. The number of amides is 1. The summed E-state index contributed by atoms with van der Waals surface area (Å²) in [7, 11) is 5.68. The van der Waals surface area contributed by atoms with Crippen molar-refractivity contribution in [3.63, 3.8) is 0 Å². The highest BCUT2D eigenvalue weighted by molar-refractivity contribution is 6.31. The van der Waals surface area contributed by atoms with Gasteiger partial charge in [-0.2, -0.15) is 4.98 Å². The summed E-state index contributed by atoms with van der Waals surface area (Å²) in [6.07, 6.45) is 4.12. The fourth-order valence-corrected chi connectivity index (χ4v) is 4.96. The maximum absolute atomic E-state index is 14.3. The molecule has 0 radical (unpaired) electrons. The Hall–Kier alpha value is -3.93. The van der Waals surface area contributed by atoms with E-state index in [0.717, 1.165) is 25.2 Å². The summed E-state index contributed by atoms with van der Waals surface area (Å²) in [6, 6.07) is 8.32. The predicted molar refractivity (Wildman–Crippen MR) is 166 cm³/mol. The van der Waals surface area contributed by atoms with E-state index in [9.17, 15) is 14.3 Å². The van der Waals surface area contributed by atoms with Crippen LogP contribution in [0.4, 0.5) is 38.9 Å². The molecule has 2 aromatic carbocycles. The van der Waals surface area contributed by atoms with Gasteiger partial charge >= 0.3 is 0 Å². The van der Waals surface area contributed by atoms with Crippen LogP contribution in [-0.2, 0) is 10.4 Å². The first-order valence-electron chi connectivity index (χ1n) is 13.6. The average molecular weight is 598 g/mol. The van der Waals surface area contributed by atoms with E-state index in [1.165, 1.54) is 18.2 Å². The van der Waals surface area contributed by atoms with Gasteiger partial charge in [0.15, 0.2) is 0 Å². The highest BCUT2D eigenvalue weighted by Gasteiger charge is 2.28. The van der Waals surface area contributed by atoms with Crippen molar-refractivity contribution < 1.29 is 19.0 Å². The molecule has 2 unspecified atom stereocenters. The Bertz CT molecular complexity index is 1470. The molecular formula is C30H37ClFN7O3. The van der Waals surface area contributed by atoms with Crippen LogP contribution in [0.15, 0.2) is 49.2 Å². The van der Waals surface area contributed by atoms with Gasteiger partial charge in [0.25, 0.3) is 0 Å². The molecule has 1 aliphatic heterocycles. The monoisotopic (exact) mass is 597 g/mol. The number of aromatic nitrogens is 2. The lowest BCUT2D eigenvalue weighted by atomic mass is 9.91. The number of nitrogens with zero attached hydrogens (tertiary/aromatic N) is 4. The van der Waals surface area contributed by atoms with Gasteiger partial charge in [0.2, 0.25) is 11.9 Å². The maximum Gasteiger partial charge on any atom is 0.247 e. The highest BCUT2D eigenvalue weighted by atomic mass is 35.5. The Morgan fingerprint density at radius 1 is 1.29 bits per heavy atom. The number of anilines is 6. The van der Waals surface area contributed by atoms with E-state index < -0.39 is 11.4 Å². The molecule has 2 atom stereocenters. The predicted octanol–water partition coefficient (Wildman–Crippen LogP) is 5.65. The molecule has 0 saturated carbocycles. The molecular weight excluding hydrogens is 561 g/mol. The van der Waals surface area contributed by atoms with Crippen molar-refractivity contribution in [1.29, 1.82) is 0 Å². The molecule has 3 aromatic rings. The first-order valence-corrected chi connectivity index (χ1v) is 14.0. The molecule has 12 heteroatoms. The first kappa shape index (κ1) is 31.0. The third-order valence-electron chi connectivity index (χ3n) is 7.49. The zero-order valence-corrected chi connectivity index (χ0v) is 25.2. The minimum absolute atomic E-state index is 0.0885. The van der Waals surface area contributed by atoms with Crippen LogP contribution in [0.2, 0.25) is 5.02 Å². The van der Waals surface area contributed by atoms with E-state index >= 15 is 0 Å². The van der Waals surface area contributed by atoms with Crippen molar-refractivity contribution in [2.45, 2.75) is 38.3 Å². The Morgan fingerprint density at radius 2 is 2.05 bits per heavy atom. The van der Waals surface area contributed by atoms with Crippen molar-refractivity contribution in [3.05, 3.63) is 65.6 Å². The van der Waals surface area contributed by atoms with Crippen LogP contribution < -0.4 is 25.6 Å². The molecule has 1 amide bonds. The molecule has 1 saturated heterocycles.